The number of benzene rings is 2. The molecule has 1 fully saturated rings. The van der Waals surface area contributed by atoms with Gasteiger partial charge in [0.25, 0.3) is 15.9 Å². The van der Waals surface area contributed by atoms with Crippen molar-refractivity contribution in [1.82, 2.24) is 9.97 Å². The zero-order valence-corrected chi connectivity index (χ0v) is 24.3. The van der Waals surface area contributed by atoms with Gasteiger partial charge in [0.1, 0.15) is 6.61 Å². The number of para-hydroxylation sites is 2. The van der Waals surface area contributed by atoms with E-state index in [1.54, 1.807) is 63.2 Å². The Hall–Kier alpha value is -4.05. The fraction of sp³-hybridized carbons (Fsp3) is 0.379. The van der Waals surface area contributed by atoms with E-state index in [0.29, 0.717) is 37.8 Å². The molecule has 0 amide bonds. The van der Waals surface area contributed by atoms with Gasteiger partial charge in [-0.2, -0.15) is 9.97 Å². The zero-order chi connectivity index (χ0) is 29.5. The minimum atomic E-state index is -4.16. The highest BCUT2D eigenvalue weighted by Crippen LogP contribution is 2.45. The molecule has 1 N–H and O–H groups in total. The molecule has 0 bridgehead atoms. The fourth-order valence-corrected chi connectivity index (χ4v) is 5.94. The van der Waals surface area contributed by atoms with Crippen molar-refractivity contribution < 1.29 is 32.5 Å². The van der Waals surface area contributed by atoms with Crippen LogP contribution in [0.15, 0.2) is 59.5 Å². The van der Waals surface area contributed by atoms with Crippen molar-refractivity contribution in [3.05, 3.63) is 54.6 Å². The van der Waals surface area contributed by atoms with E-state index in [1.165, 1.54) is 23.5 Å². The number of aliphatic hydroxyl groups excluding tert-OH is 1. The van der Waals surface area contributed by atoms with Crippen molar-refractivity contribution in [2.75, 3.05) is 55.8 Å². The van der Waals surface area contributed by atoms with Crippen LogP contribution in [0.4, 0.5) is 11.8 Å². The summed E-state index contributed by atoms with van der Waals surface area (Å²) in [7, 11) is -2.66. The second kappa shape index (κ2) is 13.1. The van der Waals surface area contributed by atoms with E-state index in [2.05, 4.69) is 16.8 Å². The fourth-order valence-electron chi connectivity index (χ4n) is 4.15. The average molecular weight is 583 g/mol. The van der Waals surface area contributed by atoms with Gasteiger partial charge < -0.3 is 29.0 Å². The van der Waals surface area contributed by atoms with Crippen LogP contribution in [0.3, 0.4) is 0 Å². The van der Waals surface area contributed by atoms with Gasteiger partial charge in [-0.25, -0.2) is 12.7 Å². The van der Waals surface area contributed by atoms with Crippen molar-refractivity contribution in [2.24, 2.45) is 0 Å². The second-order valence-corrected chi connectivity index (χ2v) is 11.7. The summed E-state index contributed by atoms with van der Waals surface area (Å²) in [6.45, 7) is 6.74. The minimum absolute atomic E-state index is 0.0196. The van der Waals surface area contributed by atoms with Gasteiger partial charge in [-0.15, -0.1) is 0 Å². The Morgan fingerprint density at radius 1 is 1.00 bits per heavy atom. The van der Waals surface area contributed by atoms with Crippen LogP contribution in [0.1, 0.15) is 20.8 Å². The molecule has 4 rings (SSSR count). The molecule has 3 aromatic rings. The first kappa shape index (κ1) is 29.9. The van der Waals surface area contributed by atoms with Gasteiger partial charge in [0.05, 0.1) is 25.2 Å². The summed E-state index contributed by atoms with van der Waals surface area (Å²) in [6.07, 6.45) is 0. The van der Waals surface area contributed by atoms with Crippen LogP contribution in [-0.2, 0) is 14.8 Å². The Labute approximate surface area is 240 Å². The topological polar surface area (TPSA) is 124 Å². The van der Waals surface area contributed by atoms with Crippen molar-refractivity contribution >= 4 is 21.8 Å². The third-order valence-electron chi connectivity index (χ3n) is 5.95. The van der Waals surface area contributed by atoms with Gasteiger partial charge in [-0.1, -0.05) is 42.2 Å². The molecule has 0 spiro atoms. The quantitative estimate of drug-likeness (QED) is 0.375. The SMILES string of the molecule is COc1ccccc1Oc1c(OCC#CCO)nc(N2CCOCC2)nc1N(C(C)(C)C)S(=O)(=O)c1ccccc1. The molecule has 11 nitrogen and oxygen atoms in total. The molecular weight excluding hydrogens is 548 g/mol. The third-order valence-corrected chi connectivity index (χ3v) is 8.02. The van der Waals surface area contributed by atoms with Crippen molar-refractivity contribution in [3.63, 3.8) is 0 Å². The molecule has 0 atom stereocenters. The maximum atomic E-state index is 14.3. The van der Waals surface area contributed by atoms with E-state index in [9.17, 15) is 8.42 Å². The molecule has 12 heteroatoms. The van der Waals surface area contributed by atoms with Crippen LogP contribution < -0.4 is 23.4 Å². The molecule has 218 valence electrons. The highest BCUT2D eigenvalue weighted by atomic mass is 32.2. The Kier molecular flexibility index (Phi) is 9.54. The molecular formula is C29H34N4O7S. The lowest BCUT2D eigenvalue weighted by Gasteiger charge is -2.37. The molecule has 0 saturated carbocycles. The normalized spacial score (nSPS) is 13.6. The minimum Gasteiger partial charge on any atom is -0.493 e. The number of anilines is 2. The van der Waals surface area contributed by atoms with Crippen molar-refractivity contribution in [3.8, 4) is 35.0 Å². The summed E-state index contributed by atoms with van der Waals surface area (Å²) in [6, 6.07) is 15.1. The van der Waals surface area contributed by atoms with Crippen LogP contribution in [-0.4, -0.2) is 75.7 Å². The standard InChI is InChI=1S/C29H34N4O7S/c1-29(2,3)33(41(35,36)22-12-6-5-7-13-22)26-25(40-24-15-9-8-14-23(24)37-4)27(39-19-11-10-18-34)31-28(30-26)32-16-20-38-21-17-32/h5-9,12-15,34H,16-21H2,1-4H3. The summed E-state index contributed by atoms with van der Waals surface area (Å²) in [4.78, 5) is 11.4. The van der Waals surface area contributed by atoms with Gasteiger partial charge >= 0.3 is 0 Å². The van der Waals surface area contributed by atoms with Crippen LogP contribution in [0.25, 0.3) is 0 Å². The smallest absolute Gasteiger partial charge is 0.266 e. The number of aliphatic hydroxyl groups is 1. The van der Waals surface area contributed by atoms with E-state index in [0.717, 1.165) is 0 Å². The molecule has 1 aromatic heterocycles. The average Bonchev–Trinajstić information content (AvgIpc) is 2.97. The van der Waals surface area contributed by atoms with E-state index in [1.807, 2.05) is 4.90 Å². The first-order valence-electron chi connectivity index (χ1n) is 13.0. The second-order valence-electron chi connectivity index (χ2n) is 9.89. The molecule has 2 aromatic carbocycles. The maximum Gasteiger partial charge on any atom is 0.266 e. The van der Waals surface area contributed by atoms with Gasteiger partial charge in [0.2, 0.25) is 11.7 Å². The van der Waals surface area contributed by atoms with Gasteiger partial charge in [0, 0.05) is 18.6 Å². The van der Waals surface area contributed by atoms with E-state index >= 15 is 0 Å². The monoisotopic (exact) mass is 582 g/mol. The van der Waals surface area contributed by atoms with Gasteiger partial charge in [-0.05, 0) is 45.0 Å². The Balaban J connectivity index is 2.00. The summed E-state index contributed by atoms with van der Waals surface area (Å²) in [5.41, 5.74) is -1.00. The van der Waals surface area contributed by atoms with E-state index in [4.69, 9.17) is 29.0 Å². The zero-order valence-electron chi connectivity index (χ0n) is 23.5. The first-order chi connectivity index (χ1) is 19.7. The largest absolute Gasteiger partial charge is 0.493 e. The highest BCUT2D eigenvalue weighted by molar-refractivity contribution is 7.92. The predicted octanol–water partition coefficient (Wildman–Crippen LogP) is 3.48. The number of aromatic nitrogens is 2. The van der Waals surface area contributed by atoms with Crippen LogP contribution in [0.5, 0.6) is 23.1 Å². The van der Waals surface area contributed by atoms with E-state index in [-0.39, 0.29) is 41.5 Å². The first-order valence-corrected chi connectivity index (χ1v) is 14.5. The lowest BCUT2D eigenvalue weighted by molar-refractivity contribution is 0.122. The van der Waals surface area contributed by atoms with Crippen LogP contribution in [0.2, 0.25) is 0 Å². The molecule has 41 heavy (non-hydrogen) atoms. The third kappa shape index (κ3) is 7.00. The summed E-state index contributed by atoms with van der Waals surface area (Å²) in [5.74, 6) is 6.12. The number of sulfonamides is 1. The molecule has 0 unspecified atom stereocenters. The van der Waals surface area contributed by atoms with Gasteiger partial charge in [0.15, 0.2) is 23.9 Å². The van der Waals surface area contributed by atoms with Crippen LogP contribution in [0, 0.1) is 11.8 Å². The lowest BCUT2D eigenvalue weighted by atomic mass is 10.1. The molecule has 0 aliphatic carbocycles. The number of rotatable bonds is 9. The number of hydrogen-bond acceptors (Lipinski definition) is 10. The van der Waals surface area contributed by atoms with E-state index < -0.39 is 15.6 Å². The summed E-state index contributed by atoms with van der Waals surface area (Å²) >= 11 is 0. The lowest BCUT2D eigenvalue weighted by Crippen LogP contribution is -2.47. The van der Waals surface area contributed by atoms with Gasteiger partial charge in [-0.3, -0.25) is 0 Å². The highest BCUT2D eigenvalue weighted by Gasteiger charge is 2.40. The van der Waals surface area contributed by atoms with Crippen molar-refractivity contribution in [1.29, 1.82) is 0 Å². The summed E-state index contributed by atoms with van der Waals surface area (Å²) < 4.78 is 53.0. The maximum absolute atomic E-state index is 14.3. The van der Waals surface area contributed by atoms with Crippen molar-refractivity contribution in [2.45, 2.75) is 31.2 Å². The van der Waals surface area contributed by atoms with Crippen LogP contribution >= 0.6 is 0 Å². The number of nitrogens with zero attached hydrogens (tertiary/aromatic N) is 4. The molecule has 1 aliphatic heterocycles. The number of ether oxygens (including phenoxy) is 4. The Bertz CT molecular complexity index is 1490. The Morgan fingerprint density at radius 3 is 2.29 bits per heavy atom. The molecule has 0 radical (unpaired) electrons. The Morgan fingerprint density at radius 2 is 1.66 bits per heavy atom. The molecule has 1 aliphatic rings. The number of methoxy groups -OCH3 is 1. The predicted molar refractivity (Wildman–Crippen MR) is 154 cm³/mol. The number of morpholine rings is 1. The molecule has 1 saturated heterocycles. The number of hydrogen-bond donors (Lipinski definition) is 1. The molecule has 2 heterocycles. The summed E-state index contributed by atoms with van der Waals surface area (Å²) in [5, 5.41) is 9.10.